The molecule has 1 heterocycles. The number of amides is 2. The zero-order valence-electron chi connectivity index (χ0n) is 16.6. The van der Waals surface area contributed by atoms with E-state index in [-0.39, 0.29) is 53.6 Å². The number of alkyl halides is 1. The summed E-state index contributed by atoms with van der Waals surface area (Å²) in [5.41, 5.74) is 0. The van der Waals surface area contributed by atoms with Gasteiger partial charge in [0.1, 0.15) is 12.6 Å². The molecule has 0 spiro atoms. The molecule has 0 aromatic carbocycles. The number of rotatable bonds is 4. The van der Waals surface area contributed by atoms with Crippen molar-refractivity contribution in [2.75, 3.05) is 13.1 Å². The standard InChI is InChI=1S/C21H32ClN3O2/c1-14(2)24-13-19(26)25(12-17-6-4-3-5-16(17)11-23)20(21(24)27)15-7-9-18(22)10-8-15/h14-18,20H,3-10,12-13H2,1-2H3. The smallest absolute Gasteiger partial charge is 0.246 e. The Bertz CT molecular complexity index is 595. The fourth-order valence-electron chi connectivity index (χ4n) is 5.12. The summed E-state index contributed by atoms with van der Waals surface area (Å²) in [7, 11) is 0. The summed E-state index contributed by atoms with van der Waals surface area (Å²) in [6, 6.07) is 2.10. The Morgan fingerprint density at radius 3 is 2.41 bits per heavy atom. The molecule has 150 valence electrons. The van der Waals surface area contributed by atoms with Gasteiger partial charge in [0.15, 0.2) is 0 Å². The van der Waals surface area contributed by atoms with Gasteiger partial charge in [-0.25, -0.2) is 0 Å². The van der Waals surface area contributed by atoms with E-state index in [0.29, 0.717) is 6.54 Å². The summed E-state index contributed by atoms with van der Waals surface area (Å²) in [5.74, 6) is 0.514. The summed E-state index contributed by atoms with van der Waals surface area (Å²) in [5, 5.41) is 9.71. The molecular formula is C21H32ClN3O2. The number of nitrogens with zero attached hydrogens (tertiary/aromatic N) is 3. The minimum atomic E-state index is -0.376. The molecule has 2 aliphatic carbocycles. The van der Waals surface area contributed by atoms with Crippen LogP contribution in [0.3, 0.4) is 0 Å². The maximum absolute atomic E-state index is 13.3. The first kappa shape index (κ1) is 20.5. The van der Waals surface area contributed by atoms with Gasteiger partial charge < -0.3 is 9.80 Å². The van der Waals surface area contributed by atoms with Gasteiger partial charge in [-0.1, -0.05) is 12.8 Å². The van der Waals surface area contributed by atoms with Gasteiger partial charge in [0.05, 0.1) is 12.0 Å². The number of hydrogen-bond donors (Lipinski definition) is 0. The van der Waals surface area contributed by atoms with Crippen LogP contribution in [0.5, 0.6) is 0 Å². The highest BCUT2D eigenvalue weighted by Gasteiger charge is 2.46. The van der Waals surface area contributed by atoms with E-state index in [1.54, 1.807) is 4.90 Å². The Morgan fingerprint density at radius 1 is 1.11 bits per heavy atom. The lowest BCUT2D eigenvalue weighted by Gasteiger charge is -2.47. The third-order valence-corrected chi connectivity index (χ3v) is 7.21. The van der Waals surface area contributed by atoms with Crippen LogP contribution in [-0.4, -0.2) is 52.2 Å². The van der Waals surface area contributed by atoms with Crippen molar-refractivity contribution in [1.29, 1.82) is 5.26 Å². The summed E-state index contributed by atoms with van der Waals surface area (Å²) in [4.78, 5) is 30.0. The Morgan fingerprint density at radius 2 is 1.78 bits per heavy atom. The van der Waals surface area contributed by atoms with Crippen molar-refractivity contribution < 1.29 is 9.59 Å². The molecule has 0 aromatic heterocycles. The highest BCUT2D eigenvalue weighted by Crippen LogP contribution is 2.37. The second-order valence-corrected chi connectivity index (χ2v) is 9.46. The number of halogens is 1. The largest absolute Gasteiger partial charge is 0.329 e. The second-order valence-electron chi connectivity index (χ2n) is 8.84. The molecular weight excluding hydrogens is 362 g/mol. The molecule has 0 radical (unpaired) electrons. The lowest BCUT2D eigenvalue weighted by Crippen LogP contribution is -2.64. The van der Waals surface area contributed by atoms with E-state index in [2.05, 4.69) is 6.07 Å². The van der Waals surface area contributed by atoms with Gasteiger partial charge in [-0.2, -0.15) is 5.26 Å². The highest BCUT2D eigenvalue weighted by atomic mass is 35.5. The van der Waals surface area contributed by atoms with Gasteiger partial charge in [-0.15, -0.1) is 11.6 Å². The van der Waals surface area contributed by atoms with Crippen LogP contribution in [0.4, 0.5) is 0 Å². The molecule has 1 aliphatic heterocycles. The minimum absolute atomic E-state index is 0.00371. The molecule has 0 aromatic rings. The molecule has 0 bridgehead atoms. The predicted octanol–water partition coefficient (Wildman–Crippen LogP) is 3.56. The molecule has 27 heavy (non-hydrogen) atoms. The third-order valence-electron chi connectivity index (χ3n) is 6.78. The Hall–Kier alpha value is -1.28. The first-order valence-corrected chi connectivity index (χ1v) is 11.0. The monoisotopic (exact) mass is 393 g/mol. The maximum atomic E-state index is 13.3. The third kappa shape index (κ3) is 4.42. The molecule has 6 heteroatoms. The van der Waals surface area contributed by atoms with Gasteiger partial charge >= 0.3 is 0 Å². The average Bonchev–Trinajstić information content (AvgIpc) is 2.66. The normalized spacial score (nSPS) is 35.4. The number of carbonyl (C=O) groups is 2. The molecule has 0 N–H and O–H groups in total. The van der Waals surface area contributed by atoms with Crippen LogP contribution >= 0.6 is 11.6 Å². The number of carbonyl (C=O) groups excluding carboxylic acids is 2. The van der Waals surface area contributed by atoms with Crippen LogP contribution in [0.1, 0.15) is 65.2 Å². The molecule has 2 amide bonds. The Labute approximate surface area is 168 Å². The van der Waals surface area contributed by atoms with Crippen molar-refractivity contribution in [2.24, 2.45) is 17.8 Å². The van der Waals surface area contributed by atoms with E-state index in [4.69, 9.17) is 11.6 Å². The molecule has 3 aliphatic rings. The van der Waals surface area contributed by atoms with Crippen molar-refractivity contribution in [3.8, 4) is 6.07 Å². The lowest BCUT2D eigenvalue weighted by atomic mass is 9.77. The lowest BCUT2D eigenvalue weighted by molar-refractivity contribution is -0.161. The van der Waals surface area contributed by atoms with Gasteiger partial charge in [-0.05, 0) is 64.2 Å². The predicted molar refractivity (Wildman–Crippen MR) is 105 cm³/mol. The first-order chi connectivity index (χ1) is 12.9. The van der Waals surface area contributed by atoms with Crippen LogP contribution in [-0.2, 0) is 9.59 Å². The van der Waals surface area contributed by atoms with Gasteiger partial charge in [-0.3, -0.25) is 9.59 Å². The van der Waals surface area contributed by atoms with Crippen molar-refractivity contribution in [2.45, 2.75) is 82.7 Å². The molecule has 3 unspecified atom stereocenters. The van der Waals surface area contributed by atoms with Gasteiger partial charge in [0.2, 0.25) is 11.8 Å². The van der Waals surface area contributed by atoms with E-state index in [1.165, 1.54) is 0 Å². The summed E-state index contributed by atoms with van der Waals surface area (Å²) >= 11 is 6.28. The van der Waals surface area contributed by atoms with Crippen molar-refractivity contribution in [1.82, 2.24) is 9.80 Å². The van der Waals surface area contributed by atoms with Gasteiger partial charge in [0.25, 0.3) is 0 Å². The topological polar surface area (TPSA) is 64.4 Å². The molecule has 3 atom stereocenters. The molecule has 5 nitrogen and oxygen atoms in total. The van der Waals surface area contributed by atoms with Crippen LogP contribution in [0, 0.1) is 29.1 Å². The van der Waals surface area contributed by atoms with E-state index in [1.807, 2.05) is 18.7 Å². The van der Waals surface area contributed by atoms with E-state index >= 15 is 0 Å². The summed E-state index contributed by atoms with van der Waals surface area (Å²) in [6.07, 6.45) is 7.70. The van der Waals surface area contributed by atoms with Crippen LogP contribution in [0.25, 0.3) is 0 Å². The highest BCUT2D eigenvalue weighted by molar-refractivity contribution is 6.20. The number of piperazine rings is 1. The SMILES string of the molecule is CC(C)N1CC(=O)N(CC2CCCCC2C#N)C(C2CCC(Cl)CC2)C1=O. The molecule has 1 saturated heterocycles. The van der Waals surface area contributed by atoms with E-state index in [9.17, 15) is 14.9 Å². The molecule has 3 rings (SSSR count). The number of nitriles is 1. The zero-order chi connectivity index (χ0) is 19.6. The van der Waals surface area contributed by atoms with Crippen molar-refractivity contribution >= 4 is 23.4 Å². The average molecular weight is 394 g/mol. The molecule has 3 fully saturated rings. The first-order valence-electron chi connectivity index (χ1n) is 10.6. The van der Waals surface area contributed by atoms with Crippen molar-refractivity contribution in [3.63, 3.8) is 0 Å². The minimum Gasteiger partial charge on any atom is -0.329 e. The van der Waals surface area contributed by atoms with E-state index in [0.717, 1.165) is 51.4 Å². The van der Waals surface area contributed by atoms with Crippen LogP contribution in [0.15, 0.2) is 0 Å². The van der Waals surface area contributed by atoms with Crippen molar-refractivity contribution in [3.05, 3.63) is 0 Å². The van der Waals surface area contributed by atoms with E-state index < -0.39 is 0 Å². The zero-order valence-corrected chi connectivity index (χ0v) is 17.3. The fraction of sp³-hybridized carbons (Fsp3) is 0.857. The fourth-order valence-corrected chi connectivity index (χ4v) is 5.38. The quantitative estimate of drug-likeness (QED) is 0.686. The molecule has 2 saturated carbocycles. The maximum Gasteiger partial charge on any atom is 0.246 e. The van der Waals surface area contributed by atoms with Gasteiger partial charge in [0, 0.05) is 18.0 Å². The summed E-state index contributed by atoms with van der Waals surface area (Å²) < 4.78 is 0. The van der Waals surface area contributed by atoms with Crippen LogP contribution < -0.4 is 0 Å². The second kappa shape index (κ2) is 8.82. The number of hydrogen-bond acceptors (Lipinski definition) is 3. The Kier molecular flexibility index (Phi) is 6.68. The summed E-state index contributed by atoms with van der Waals surface area (Å²) in [6.45, 7) is 4.67. The Balaban J connectivity index is 1.83. The van der Waals surface area contributed by atoms with Crippen LogP contribution in [0.2, 0.25) is 0 Å².